The van der Waals surface area contributed by atoms with Gasteiger partial charge in [-0.25, -0.2) is 4.98 Å². The Labute approximate surface area is 114 Å². The van der Waals surface area contributed by atoms with Crippen molar-refractivity contribution in [1.82, 2.24) is 9.97 Å². The summed E-state index contributed by atoms with van der Waals surface area (Å²) < 4.78 is 11.3. The molecule has 5 nitrogen and oxygen atoms in total. The lowest BCUT2D eigenvalue weighted by Gasteiger charge is -2.20. The van der Waals surface area contributed by atoms with Gasteiger partial charge in [-0.05, 0) is 24.3 Å². The summed E-state index contributed by atoms with van der Waals surface area (Å²) in [6.07, 6.45) is 0. The molecule has 1 aliphatic heterocycles. The Morgan fingerprint density at radius 2 is 2.00 bits per heavy atom. The third-order valence-electron chi connectivity index (χ3n) is 3.29. The number of nitrogens with zero attached hydrogens (tertiary/aromatic N) is 1. The van der Waals surface area contributed by atoms with Gasteiger partial charge in [0.1, 0.15) is 24.8 Å². The zero-order chi connectivity index (χ0) is 13.5. The van der Waals surface area contributed by atoms with E-state index in [1.54, 1.807) is 18.2 Å². The maximum atomic E-state index is 9.51. The average molecular weight is 268 g/mol. The van der Waals surface area contributed by atoms with Crippen LogP contribution in [0.15, 0.2) is 36.4 Å². The molecule has 1 aliphatic rings. The quantitative estimate of drug-likeness (QED) is 0.712. The summed E-state index contributed by atoms with van der Waals surface area (Å²) in [5, 5.41) is 9.51. The number of para-hydroxylation sites is 1. The lowest BCUT2D eigenvalue weighted by Crippen LogP contribution is -2.15. The van der Waals surface area contributed by atoms with Crippen molar-refractivity contribution in [3.63, 3.8) is 0 Å². The number of hydrogen-bond donors (Lipinski definition) is 2. The summed E-state index contributed by atoms with van der Waals surface area (Å²) >= 11 is 0. The highest BCUT2D eigenvalue weighted by molar-refractivity contribution is 5.82. The van der Waals surface area contributed by atoms with Crippen LogP contribution >= 0.6 is 0 Å². The van der Waals surface area contributed by atoms with E-state index in [2.05, 4.69) is 9.97 Å². The number of H-pyrrole nitrogens is 1. The Morgan fingerprint density at radius 1 is 1.10 bits per heavy atom. The van der Waals surface area contributed by atoms with Crippen LogP contribution in [0.4, 0.5) is 0 Å². The topological polar surface area (TPSA) is 67.4 Å². The highest BCUT2D eigenvalue weighted by Crippen LogP contribution is 2.39. The second-order valence-electron chi connectivity index (χ2n) is 4.62. The predicted molar refractivity (Wildman–Crippen MR) is 74.2 cm³/mol. The minimum absolute atomic E-state index is 0.211. The van der Waals surface area contributed by atoms with Gasteiger partial charge in [0.25, 0.3) is 0 Å². The van der Waals surface area contributed by atoms with E-state index in [0.717, 1.165) is 22.3 Å². The molecular weight excluding hydrogens is 256 g/mol. The monoisotopic (exact) mass is 268 g/mol. The molecule has 0 spiro atoms. The van der Waals surface area contributed by atoms with Crippen molar-refractivity contribution in [2.24, 2.45) is 0 Å². The van der Waals surface area contributed by atoms with E-state index < -0.39 is 0 Å². The number of rotatable bonds is 1. The number of imidazole rings is 1. The summed E-state index contributed by atoms with van der Waals surface area (Å²) in [6, 6.07) is 10.8. The van der Waals surface area contributed by atoms with Gasteiger partial charge in [0.2, 0.25) is 0 Å². The average Bonchev–Trinajstić information content (AvgIpc) is 2.89. The Morgan fingerprint density at radius 3 is 2.95 bits per heavy atom. The van der Waals surface area contributed by atoms with Gasteiger partial charge in [0, 0.05) is 6.07 Å². The Hall–Kier alpha value is -2.69. The van der Waals surface area contributed by atoms with Crippen LogP contribution in [-0.2, 0) is 0 Å². The van der Waals surface area contributed by atoms with Gasteiger partial charge in [-0.15, -0.1) is 0 Å². The summed E-state index contributed by atoms with van der Waals surface area (Å²) in [5.41, 5.74) is 2.44. The van der Waals surface area contributed by atoms with Gasteiger partial charge in [-0.2, -0.15) is 0 Å². The molecular formula is C15H12N2O3. The normalized spacial score (nSPS) is 13.6. The number of phenols is 1. The van der Waals surface area contributed by atoms with Gasteiger partial charge in [-0.3, -0.25) is 0 Å². The number of aromatic hydroxyl groups is 1. The molecule has 2 heterocycles. The molecule has 0 fully saturated rings. The van der Waals surface area contributed by atoms with Crippen LogP contribution in [0.25, 0.3) is 22.4 Å². The number of aromatic amines is 1. The van der Waals surface area contributed by atoms with Gasteiger partial charge >= 0.3 is 0 Å². The Kier molecular flexibility index (Phi) is 2.32. The van der Waals surface area contributed by atoms with Crippen molar-refractivity contribution < 1.29 is 14.6 Å². The molecule has 0 radical (unpaired) electrons. The van der Waals surface area contributed by atoms with Crippen LogP contribution in [0.3, 0.4) is 0 Å². The maximum Gasteiger partial charge on any atom is 0.172 e. The fraction of sp³-hybridized carbons (Fsp3) is 0.133. The standard InChI is InChI=1S/C15H12N2O3/c18-9-4-5-11-12(8-9)17-15(16-11)10-2-1-3-13-14(10)20-7-6-19-13/h1-5,8,18H,6-7H2,(H,16,17). The van der Waals surface area contributed by atoms with Crippen LogP contribution in [0.2, 0.25) is 0 Å². The van der Waals surface area contributed by atoms with Crippen molar-refractivity contribution in [2.75, 3.05) is 13.2 Å². The first-order valence-electron chi connectivity index (χ1n) is 6.39. The lowest BCUT2D eigenvalue weighted by molar-refractivity contribution is 0.172. The van der Waals surface area contributed by atoms with Gasteiger partial charge in [0.05, 0.1) is 16.6 Å². The first kappa shape index (κ1) is 11.2. The first-order chi connectivity index (χ1) is 9.81. The number of benzene rings is 2. The summed E-state index contributed by atoms with van der Waals surface area (Å²) in [7, 11) is 0. The summed E-state index contributed by atoms with van der Waals surface area (Å²) in [5.74, 6) is 2.36. The molecule has 3 aromatic rings. The van der Waals surface area contributed by atoms with Crippen LogP contribution in [0.5, 0.6) is 17.2 Å². The van der Waals surface area contributed by atoms with E-state index in [4.69, 9.17) is 9.47 Å². The minimum Gasteiger partial charge on any atom is -0.508 e. The molecule has 100 valence electrons. The second kappa shape index (κ2) is 4.16. The van der Waals surface area contributed by atoms with Gasteiger partial charge in [-0.1, -0.05) is 6.07 Å². The smallest absolute Gasteiger partial charge is 0.172 e. The number of nitrogens with one attached hydrogen (secondary N) is 1. The molecule has 5 heteroatoms. The highest BCUT2D eigenvalue weighted by Gasteiger charge is 2.18. The molecule has 0 amide bonds. The molecule has 0 saturated heterocycles. The van der Waals surface area contributed by atoms with Gasteiger partial charge in [0.15, 0.2) is 11.5 Å². The van der Waals surface area contributed by atoms with Crippen molar-refractivity contribution in [3.05, 3.63) is 36.4 Å². The van der Waals surface area contributed by atoms with E-state index in [-0.39, 0.29) is 5.75 Å². The van der Waals surface area contributed by atoms with E-state index in [0.29, 0.717) is 24.8 Å². The molecule has 2 N–H and O–H groups in total. The van der Waals surface area contributed by atoms with Crippen molar-refractivity contribution in [1.29, 1.82) is 0 Å². The highest BCUT2D eigenvalue weighted by atomic mass is 16.6. The maximum absolute atomic E-state index is 9.51. The molecule has 0 bridgehead atoms. The molecule has 1 aromatic heterocycles. The first-order valence-corrected chi connectivity index (χ1v) is 6.39. The lowest BCUT2D eigenvalue weighted by atomic mass is 10.1. The van der Waals surface area contributed by atoms with Crippen molar-refractivity contribution in [2.45, 2.75) is 0 Å². The second-order valence-corrected chi connectivity index (χ2v) is 4.62. The molecule has 4 rings (SSSR count). The third kappa shape index (κ3) is 1.67. The zero-order valence-electron chi connectivity index (χ0n) is 10.6. The molecule has 0 saturated carbocycles. The van der Waals surface area contributed by atoms with E-state index in [9.17, 15) is 5.11 Å². The number of phenolic OH excluding ortho intramolecular Hbond substituents is 1. The van der Waals surface area contributed by atoms with Gasteiger partial charge < -0.3 is 19.6 Å². The van der Waals surface area contributed by atoms with E-state index in [1.165, 1.54) is 0 Å². The number of hydrogen-bond acceptors (Lipinski definition) is 4. The Balaban J connectivity index is 1.90. The molecule has 20 heavy (non-hydrogen) atoms. The van der Waals surface area contributed by atoms with E-state index in [1.807, 2.05) is 18.2 Å². The Bertz CT molecular complexity index is 795. The molecule has 0 unspecified atom stereocenters. The molecule has 2 aromatic carbocycles. The molecule has 0 atom stereocenters. The van der Waals surface area contributed by atoms with Crippen LogP contribution in [0, 0.1) is 0 Å². The fourth-order valence-corrected chi connectivity index (χ4v) is 2.39. The fourth-order valence-electron chi connectivity index (χ4n) is 2.39. The van der Waals surface area contributed by atoms with Crippen molar-refractivity contribution in [3.8, 4) is 28.6 Å². The van der Waals surface area contributed by atoms with E-state index >= 15 is 0 Å². The SMILES string of the molecule is Oc1ccc2nc(-c3cccc4c3OCCO4)[nH]c2c1. The van der Waals surface area contributed by atoms with Crippen LogP contribution in [0.1, 0.15) is 0 Å². The predicted octanol–water partition coefficient (Wildman–Crippen LogP) is 2.71. The summed E-state index contributed by atoms with van der Waals surface area (Å²) in [4.78, 5) is 7.73. The van der Waals surface area contributed by atoms with Crippen LogP contribution in [-0.4, -0.2) is 28.3 Å². The number of ether oxygens (including phenoxy) is 2. The zero-order valence-corrected chi connectivity index (χ0v) is 10.6. The number of fused-ring (bicyclic) bond motifs is 2. The summed E-state index contributed by atoms with van der Waals surface area (Å²) in [6.45, 7) is 1.09. The molecule has 0 aliphatic carbocycles. The van der Waals surface area contributed by atoms with Crippen molar-refractivity contribution >= 4 is 11.0 Å². The minimum atomic E-state index is 0.211. The third-order valence-corrected chi connectivity index (χ3v) is 3.29. The largest absolute Gasteiger partial charge is 0.508 e. The van der Waals surface area contributed by atoms with Crippen LogP contribution < -0.4 is 9.47 Å². The number of aromatic nitrogens is 2.